The molecule has 0 aliphatic carbocycles. The van der Waals surface area contributed by atoms with Gasteiger partial charge in [0.2, 0.25) is 0 Å². The molecular formula is C21H23N3O3S. The van der Waals surface area contributed by atoms with Crippen molar-refractivity contribution in [2.75, 3.05) is 5.75 Å². The zero-order valence-electron chi connectivity index (χ0n) is 16.2. The quantitative estimate of drug-likeness (QED) is 0.419. The normalized spacial score (nSPS) is 10.9. The second-order valence-electron chi connectivity index (χ2n) is 6.50. The SMILES string of the molecule is Cc1ccc(OCc2nnc(SCC(=O)OC(C)C)n2-c2ccccc2)cc1. The fourth-order valence-corrected chi connectivity index (χ4v) is 3.28. The molecule has 28 heavy (non-hydrogen) atoms. The number of nitrogens with zero attached hydrogens (tertiary/aromatic N) is 3. The van der Waals surface area contributed by atoms with Crippen molar-refractivity contribution in [3.63, 3.8) is 0 Å². The fourth-order valence-electron chi connectivity index (χ4n) is 2.53. The molecule has 7 heteroatoms. The van der Waals surface area contributed by atoms with Gasteiger partial charge in [-0.15, -0.1) is 10.2 Å². The molecule has 2 aromatic carbocycles. The lowest BCUT2D eigenvalue weighted by atomic mass is 10.2. The van der Waals surface area contributed by atoms with Crippen molar-refractivity contribution in [2.24, 2.45) is 0 Å². The van der Waals surface area contributed by atoms with E-state index in [9.17, 15) is 4.79 Å². The summed E-state index contributed by atoms with van der Waals surface area (Å²) in [7, 11) is 0. The zero-order chi connectivity index (χ0) is 19.9. The number of aromatic nitrogens is 3. The van der Waals surface area contributed by atoms with Crippen LogP contribution in [-0.2, 0) is 16.1 Å². The van der Waals surface area contributed by atoms with Gasteiger partial charge in [-0.1, -0.05) is 47.7 Å². The smallest absolute Gasteiger partial charge is 0.316 e. The molecule has 0 atom stereocenters. The second kappa shape index (κ2) is 9.41. The molecule has 3 rings (SSSR count). The van der Waals surface area contributed by atoms with Crippen LogP contribution in [-0.4, -0.2) is 32.6 Å². The van der Waals surface area contributed by atoms with Gasteiger partial charge in [-0.3, -0.25) is 9.36 Å². The van der Waals surface area contributed by atoms with Gasteiger partial charge < -0.3 is 9.47 Å². The minimum Gasteiger partial charge on any atom is -0.486 e. The number of benzene rings is 2. The first kappa shape index (κ1) is 19.9. The van der Waals surface area contributed by atoms with E-state index in [4.69, 9.17) is 9.47 Å². The Morgan fingerprint density at radius 2 is 1.79 bits per heavy atom. The first-order chi connectivity index (χ1) is 13.5. The van der Waals surface area contributed by atoms with Gasteiger partial charge in [0.25, 0.3) is 0 Å². The lowest BCUT2D eigenvalue weighted by molar-refractivity contribution is -0.144. The number of aryl methyl sites for hydroxylation is 1. The highest BCUT2D eigenvalue weighted by atomic mass is 32.2. The van der Waals surface area contributed by atoms with Gasteiger partial charge in [0, 0.05) is 5.69 Å². The van der Waals surface area contributed by atoms with Crippen LogP contribution in [0.2, 0.25) is 0 Å². The summed E-state index contributed by atoms with van der Waals surface area (Å²) in [5.41, 5.74) is 2.08. The number of thioether (sulfide) groups is 1. The largest absolute Gasteiger partial charge is 0.486 e. The summed E-state index contributed by atoms with van der Waals surface area (Å²) in [6.07, 6.45) is -0.140. The second-order valence-corrected chi connectivity index (χ2v) is 7.44. The van der Waals surface area contributed by atoms with Crippen LogP contribution in [0.5, 0.6) is 5.75 Å². The van der Waals surface area contributed by atoms with Crippen LogP contribution in [0, 0.1) is 6.92 Å². The van der Waals surface area contributed by atoms with Crippen LogP contribution in [0.25, 0.3) is 5.69 Å². The van der Waals surface area contributed by atoms with Gasteiger partial charge in [-0.2, -0.15) is 0 Å². The molecule has 0 bridgehead atoms. The van der Waals surface area contributed by atoms with Crippen molar-refractivity contribution in [3.8, 4) is 11.4 Å². The lowest BCUT2D eigenvalue weighted by Crippen LogP contribution is -2.14. The van der Waals surface area contributed by atoms with E-state index in [0.29, 0.717) is 11.0 Å². The number of ether oxygens (including phenoxy) is 2. The van der Waals surface area contributed by atoms with Gasteiger partial charge >= 0.3 is 5.97 Å². The van der Waals surface area contributed by atoms with Crippen LogP contribution in [0.1, 0.15) is 25.2 Å². The van der Waals surface area contributed by atoms with E-state index in [2.05, 4.69) is 10.2 Å². The molecule has 1 aromatic heterocycles. The van der Waals surface area contributed by atoms with Gasteiger partial charge in [-0.25, -0.2) is 0 Å². The third-order valence-electron chi connectivity index (χ3n) is 3.79. The maximum Gasteiger partial charge on any atom is 0.316 e. The first-order valence-electron chi connectivity index (χ1n) is 9.04. The number of para-hydroxylation sites is 1. The van der Waals surface area contributed by atoms with E-state index in [1.165, 1.54) is 17.3 Å². The highest BCUT2D eigenvalue weighted by Gasteiger charge is 2.17. The maximum absolute atomic E-state index is 11.9. The zero-order valence-corrected chi connectivity index (χ0v) is 17.0. The third kappa shape index (κ3) is 5.36. The molecule has 1 heterocycles. The van der Waals surface area contributed by atoms with Crippen molar-refractivity contribution < 1.29 is 14.3 Å². The topological polar surface area (TPSA) is 66.2 Å². The molecule has 0 N–H and O–H groups in total. The summed E-state index contributed by atoms with van der Waals surface area (Å²) in [4.78, 5) is 11.9. The molecule has 0 amide bonds. The minimum absolute atomic E-state index is 0.140. The Hall–Kier alpha value is -2.80. The van der Waals surface area contributed by atoms with Crippen molar-refractivity contribution in [2.45, 2.75) is 38.6 Å². The molecule has 0 radical (unpaired) electrons. The Kier molecular flexibility index (Phi) is 6.71. The van der Waals surface area contributed by atoms with E-state index < -0.39 is 0 Å². The van der Waals surface area contributed by atoms with Gasteiger partial charge in [0.15, 0.2) is 11.0 Å². The van der Waals surface area contributed by atoms with Gasteiger partial charge in [-0.05, 0) is 45.0 Å². The van der Waals surface area contributed by atoms with Gasteiger partial charge in [0.1, 0.15) is 12.4 Å². The number of hydrogen-bond donors (Lipinski definition) is 0. The predicted molar refractivity (Wildman–Crippen MR) is 109 cm³/mol. The molecule has 0 unspecified atom stereocenters. The minimum atomic E-state index is -0.278. The van der Waals surface area contributed by atoms with Crippen molar-refractivity contribution in [1.29, 1.82) is 0 Å². The Labute approximate surface area is 168 Å². The number of carbonyl (C=O) groups is 1. The molecule has 3 aromatic rings. The molecule has 146 valence electrons. The number of esters is 1. The van der Waals surface area contributed by atoms with E-state index in [1.807, 2.05) is 79.9 Å². The summed E-state index contributed by atoms with van der Waals surface area (Å²) in [5, 5.41) is 9.16. The Balaban J connectivity index is 1.78. The summed E-state index contributed by atoms with van der Waals surface area (Å²) >= 11 is 1.30. The molecule has 0 aliphatic rings. The monoisotopic (exact) mass is 397 g/mol. The van der Waals surface area contributed by atoms with Gasteiger partial charge in [0.05, 0.1) is 11.9 Å². The van der Waals surface area contributed by atoms with Crippen molar-refractivity contribution in [3.05, 3.63) is 66.0 Å². The summed E-state index contributed by atoms with van der Waals surface area (Å²) < 4.78 is 13.0. The van der Waals surface area contributed by atoms with Crippen molar-refractivity contribution >= 4 is 17.7 Å². The highest BCUT2D eigenvalue weighted by Crippen LogP contribution is 2.23. The van der Waals surface area contributed by atoms with E-state index in [1.54, 1.807) is 0 Å². The summed E-state index contributed by atoms with van der Waals surface area (Å²) in [5.74, 6) is 1.32. The lowest BCUT2D eigenvalue weighted by Gasteiger charge is -2.11. The average Bonchev–Trinajstić information content (AvgIpc) is 3.09. The maximum atomic E-state index is 11.9. The Morgan fingerprint density at radius 3 is 2.46 bits per heavy atom. The standard InChI is InChI=1S/C21H23N3O3S/c1-15(2)27-20(25)14-28-21-23-22-19(24(21)17-7-5-4-6-8-17)13-26-18-11-9-16(3)10-12-18/h4-12,15H,13-14H2,1-3H3. The van der Waals surface area contributed by atoms with Crippen LogP contribution in [0.15, 0.2) is 59.8 Å². The molecule has 0 fully saturated rings. The molecular weight excluding hydrogens is 374 g/mol. The number of carbonyl (C=O) groups excluding carboxylic acids is 1. The Morgan fingerprint density at radius 1 is 1.07 bits per heavy atom. The van der Waals surface area contributed by atoms with Crippen LogP contribution >= 0.6 is 11.8 Å². The molecule has 0 saturated heterocycles. The first-order valence-corrected chi connectivity index (χ1v) is 10.0. The van der Waals surface area contributed by atoms with Crippen LogP contribution in [0.4, 0.5) is 0 Å². The number of rotatable bonds is 8. The van der Waals surface area contributed by atoms with E-state index in [0.717, 1.165) is 11.4 Å². The van der Waals surface area contributed by atoms with Crippen LogP contribution < -0.4 is 4.74 Å². The average molecular weight is 398 g/mol. The van der Waals surface area contributed by atoms with E-state index in [-0.39, 0.29) is 24.4 Å². The highest BCUT2D eigenvalue weighted by molar-refractivity contribution is 7.99. The third-order valence-corrected chi connectivity index (χ3v) is 4.69. The van der Waals surface area contributed by atoms with E-state index >= 15 is 0 Å². The fraction of sp³-hybridized carbons (Fsp3) is 0.286. The summed E-state index contributed by atoms with van der Waals surface area (Å²) in [6, 6.07) is 17.6. The summed E-state index contributed by atoms with van der Waals surface area (Å²) in [6.45, 7) is 5.96. The van der Waals surface area contributed by atoms with Crippen molar-refractivity contribution in [1.82, 2.24) is 14.8 Å². The number of hydrogen-bond acceptors (Lipinski definition) is 6. The molecule has 0 aliphatic heterocycles. The van der Waals surface area contributed by atoms with Crippen LogP contribution in [0.3, 0.4) is 0 Å². The molecule has 0 saturated carbocycles. The predicted octanol–water partition coefficient (Wildman–Crippen LogP) is 4.20. The molecule has 6 nitrogen and oxygen atoms in total. The molecule has 0 spiro atoms. The Bertz CT molecular complexity index is 908.